The zero-order valence-electron chi connectivity index (χ0n) is 19.0. The number of ether oxygens (including phenoxy) is 1. The molecule has 0 spiro atoms. The number of hydrazine groups is 1. The first-order chi connectivity index (χ1) is 17.0. The first-order valence-corrected chi connectivity index (χ1v) is 12.4. The van der Waals surface area contributed by atoms with Gasteiger partial charge in [-0.15, -0.1) is 0 Å². The molecule has 0 radical (unpaired) electrons. The van der Waals surface area contributed by atoms with Crippen molar-refractivity contribution in [3.8, 4) is 5.75 Å². The summed E-state index contributed by atoms with van der Waals surface area (Å²) >= 11 is 0. The van der Waals surface area contributed by atoms with Gasteiger partial charge in [-0.3, -0.25) is 25.3 Å². The lowest BCUT2D eigenvalue weighted by atomic mass is 10.1. The Bertz CT molecular complexity index is 1240. The van der Waals surface area contributed by atoms with Crippen molar-refractivity contribution >= 4 is 33.4 Å². The number of carbonyl (C=O) groups is 3. The molecule has 3 rings (SSSR count). The summed E-state index contributed by atoms with van der Waals surface area (Å²) in [5, 5.41) is 0. The molecule has 1 aliphatic rings. The van der Waals surface area contributed by atoms with E-state index in [4.69, 9.17) is 4.74 Å². The second-order valence-corrected chi connectivity index (χ2v) is 10.0. The Balaban J connectivity index is 1.85. The summed E-state index contributed by atoms with van der Waals surface area (Å²) in [6.07, 6.45) is -3.34. The smallest absolute Gasteiger partial charge is 0.324 e. The number of halogens is 3. The fourth-order valence-electron chi connectivity index (χ4n) is 3.42. The maximum absolute atomic E-state index is 15.0. The van der Waals surface area contributed by atoms with Gasteiger partial charge >= 0.3 is 18.4 Å². The van der Waals surface area contributed by atoms with E-state index in [1.807, 2.05) is 0 Å². The van der Waals surface area contributed by atoms with Crippen LogP contribution in [0.4, 0.5) is 23.7 Å². The number of hydrogen-bond donors (Lipinski definition) is 2. The molecular weight excluding hydrogens is 505 g/mol. The fraction of sp³-hybridized carbons (Fsp3) is 0.318. The van der Waals surface area contributed by atoms with Crippen LogP contribution in [0.3, 0.4) is 0 Å². The van der Waals surface area contributed by atoms with Crippen LogP contribution < -0.4 is 20.5 Å². The third-order valence-electron chi connectivity index (χ3n) is 5.36. The lowest BCUT2D eigenvalue weighted by Gasteiger charge is -2.33. The van der Waals surface area contributed by atoms with Crippen molar-refractivity contribution in [2.45, 2.75) is 13.0 Å². The molecule has 2 aromatic rings. The summed E-state index contributed by atoms with van der Waals surface area (Å²) in [7, 11) is -1.85. The molecular formula is C22H23F3N4O6S. The van der Waals surface area contributed by atoms with Gasteiger partial charge in [0.25, 0.3) is 5.91 Å². The van der Waals surface area contributed by atoms with Gasteiger partial charge in [-0.1, -0.05) is 18.2 Å². The number of carbonyl (C=O) groups excluding carboxylic acids is 3. The van der Waals surface area contributed by atoms with Gasteiger partial charge in [-0.05, 0) is 24.3 Å². The number of hydrogen-bond acceptors (Lipinski definition) is 6. The third kappa shape index (κ3) is 6.44. The van der Waals surface area contributed by atoms with Crippen molar-refractivity contribution in [2.24, 2.45) is 0 Å². The number of amides is 4. The molecule has 2 aromatic carbocycles. The van der Waals surface area contributed by atoms with Gasteiger partial charge < -0.3 is 9.64 Å². The molecule has 0 saturated carbocycles. The van der Waals surface area contributed by atoms with E-state index in [0.717, 1.165) is 6.07 Å². The van der Waals surface area contributed by atoms with E-state index in [1.165, 1.54) is 34.5 Å². The summed E-state index contributed by atoms with van der Waals surface area (Å²) in [6.45, 7) is -0.351. The minimum absolute atomic E-state index is 0.00653. The van der Waals surface area contributed by atoms with Crippen LogP contribution in [-0.4, -0.2) is 69.3 Å². The first-order valence-electron chi connectivity index (χ1n) is 10.6. The van der Waals surface area contributed by atoms with Crippen molar-refractivity contribution < 1.29 is 40.7 Å². The van der Waals surface area contributed by atoms with Crippen LogP contribution in [0.25, 0.3) is 0 Å². The Labute approximate surface area is 204 Å². The molecule has 2 N–H and O–H groups in total. The van der Waals surface area contributed by atoms with Gasteiger partial charge in [-0.2, -0.15) is 8.78 Å². The normalized spacial score (nSPS) is 14.8. The SMILES string of the molecule is COc1ccccc1N(Cc1ccc(C(=O)NNC(=O)C(F)F)cc1F)C(=O)N1CCS(=O)(=O)CC1. The first kappa shape index (κ1) is 26.8. The standard InChI is InChI=1S/C22H23F3N4O6S/c1-35-18-5-3-2-4-17(18)29(22(32)28-8-10-36(33,34)11-9-28)13-15-7-6-14(12-16(15)23)20(30)26-27-21(31)19(24)25/h2-7,12,19H,8-11,13H2,1H3,(H,26,30)(H,27,31). The van der Waals surface area contributed by atoms with Gasteiger partial charge in [0.05, 0.1) is 30.8 Å². The summed E-state index contributed by atoms with van der Waals surface area (Å²) in [5.41, 5.74) is 3.33. The zero-order chi connectivity index (χ0) is 26.5. The zero-order valence-corrected chi connectivity index (χ0v) is 19.9. The Morgan fingerprint density at radius 3 is 2.36 bits per heavy atom. The molecule has 0 atom stereocenters. The minimum atomic E-state index is -3.34. The molecule has 0 unspecified atom stereocenters. The van der Waals surface area contributed by atoms with Gasteiger partial charge in [0.1, 0.15) is 11.6 Å². The summed E-state index contributed by atoms with van der Waals surface area (Å²) in [6, 6.07) is 9.21. The number of sulfone groups is 1. The van der Waals surface area contributed by atoms with Crippen LogP contribution in [0.2, 0.25) is 0 Å². The Hall–Kier alpha value is -3.81. The van der Waals surface area contributed by atoms with Gasteiger partial charge in [0, 0.05) is 24.2 Å². The molecule has 36 heavy (non-hydrogen) atoms. The van der Waals surface area contributed by atoms with Crippen molar-refractivity contribution in [1.82, 2.24) is 15.8 Å². The van der Waals surface area contributed by atoms with E-state index in [1.54, 1.807) is 29.7 Å². The number of nitrogens with one attached hydrogen (secondary N) is 2. The molecule has 10 nitrogen and oxygen atoms in total. The van der Waals surface area contributed by atoms with Gasteiger partial charge in [0.15, 0.2) is 9.84 Å². The fourth-order valence-corrected chi connectivity index (χ4v) is 4.62. The molecule has 0 aromatic heterocycles. The topological polar surface area (TPSA) is 125 Å². The number of methoxy groups -OCH3 is 1. The van der Waals surface area contributed by atoms with Gasteiger partial charge in [0.2, 0.25) is 0 Å². The van der Waals surface area contributed by atoms with Crippen LogP contribution in [0.5, 0.6) is 5.75 Å². The number of rotatable bonds is 6. The maximum Gasteiger partial charge on any atom is 0.324 e. The Morgan fingerprint density at radius 1 is 1.08 bits per heavy atom. The third-order valence-corrected chi connectivity index (χ3v) is 6.97. The van der Waals surface area contributed by atoms with E-state index in [9.17, 15) is 36.0 Å². The highest BCUT2D eigenvalue weighted by molar-refractivity contribution is 7.91. The monoisotopic (exact) mass is 528 g/mol. The summed E-state index contributed by atoms with van der Waals surface area (Å²) < 4.78 is 68.4. The highest BCUT2D eigenvalue weighted by Gasteiger charge is 2.30. The summed E-state index contributed by atoms with van der Waals surface area (Å²) in [4.78, 5) is 38.9. The number of alkyl halides is 2. The summed E-state index contributed by atoms with van der Waals surface area (Å²) in [5.74, 6) is -3.70. The largest absolute Gasteiger partial charge is 0.495 e. The Kier molecular flexibility index (Phi) is 8.40. The second-order valence-electron chi connectivity index (χ2n) is 7.73. The maximum atomic E-state index is 15.0. The lowest BCUT2D eigenvalue weighted by Crippen LogP contribution is -2.50. The molecule has 194 valence electrons. The van der Waals surface area contributed by atoms with E-state index in [-0.39, 0.29) is 42.3 Å². The van der Waals surface area contributed by atoms with E-state index in [2.05, 4.69) is 0 Å². The number of nitrogens with zero attached hydrogens (tertiary/aromatic N) is 2. The molecule has 1 heterocycles. The molecule has 1 saturated heterocycles. The number of urea groups is 1. The predicted octanol–water partition coefficient (Wildman–Crippen LogP) is 1.72. The number of para-hydroxylation sites is 2. The van der Waals surface area contributed by atoms with Crippen LogP contribution in [-0.2, 0) is 21.2 Å². The molecule has 0 aliphatic carbocycles. The van der Waals surface area contributed by atoms with E-state index >= 15 is 0 Å². The van der Waals surface area contributed by atoms with Crippen molar-refractivity contribution in [1.29, 1.82) is 0 Å². The predicted molar refractivity (Wildman–Crippen MR) is 123 cm³/mol. The number of anilines is 1. The Morgan fingerprint density at radius 2 is 1.75 bits per heavy atom. The minimum Gasteiger partial charge on any atom is -0.495 e. The number of benzene rings is 2. The second kappa shape index (κ2) is 11.3. The highest BCUT2D eigenvalue weighted by Crippen LogP contribution is 2.31. The van der Waals surface area contributed by atoms with E-state index in [0.29, 0.717) is 11.4 Å². The molecule has 1 fully saturated rings. The van der Waals surface area contributed by atoms with Crippen LogP contribution >= 0.6 is 0 Å². The molecule has 1 aliphatic heterocycles. The van der Waals surface area contributed by atoms with Crippen LogP contribution in [0.1, 0.15) is 15.9 Å². The van der Waals surface area contributed by atoms with E-state index < -0.39 is 39.9 Å². The van der Waals surface area contributed by atoms with Crippen molar-refractivity contribution in [3.05, 3.63) is 59.4 Å². The van der Waals surface area contributed by atoms with Crippen LogP contribution in [0.15, 0.2) is 42.5 Å². The van der Waals surface area contributed by atoms with Crippen molar-refractivity contribution in [2.75, 3.05) is 36.6 Å². The highest BCUT2D eigenvalue weighted by atomic mass is 32.2. The average Bonchev–Trinajstić information content (AvgIpc) is 2.85. The molecule has 14 heteroatoms. The molecule has 4 amide bonds. The van der Waals surface area contributed by atoms with Gasteiger partial charge in [-0.25, -0.2) is 17.6 Å². The lowest BCUT2D eigenvalue weighted by molar-refractivity contribution is -0.132. The van der Waals surface area contributed by atoms with Crippen LogP contribution in [0, 0.1) is 5.82 Å². The average molecular weight is 529 g/mol. The molecule has 0 bridgehead atoms. The quantitative estimate of drug-likeness (QED) is 0.550. The van der Waals surface area contributed by atoms with Crippen molar-refractivity contribution in [3.63, 3.8) is 0 Å².